The third-order valence-electron chi connectivity index (χ3n) is 2.26. The fraction of sp³-hybridized carbons (Fsp3) is 0.300. The van der Waals surface area contributed by atoms with Gasteiger partial charge in [0.1, 0.15) is 0 Å². The lowest BCUT2D eigenvalue weighted by Crippen LogP contribution is -2.04. The fourth-order valence-corrected chi connectivity index (χ4v) is 2.25. The standard InChI is InChI=1S/C10H12BrN3S/c1-15-5-4-14-9-6-7(11)2-3-8(9)13-10(14)12/h2-3,6H,4-5H2,1H3,(H2,12,13). The molecule has 0 amide bonds. The Morgan fingerprint density at radius 3 is 3.07 bits per heavy atom. The third kappa shape index (κ3) is 2.13. The van der Waals surface area contributed by atoms with E-state index in [2.05, 4.69) is 37.8 Å². The Labute approximate surface area is 101 Å². The number of hydrogen-bond donors (Lipinski definition) is 1. The molecule has 2 aromatic rings. The van der Waals surface area contributed by atoms with E-state index in [0.717, 1.165) is 27.8 Å². The average molecular weight is 286 g/mol. The lowest BCUT2D eigenvalue weighted by molar-refractivity contribution is 0.810. The van der Waals surface area contributed by atoms with Crippen LogP contribution in [0.2, 0.25) is 0 Å². The van der Waals surface area contributed by atoms with Crippen molar-refractivity contribution in [2.45, 2.75) is 6.54 Å². The van der Waals surface area contributed by atoms with E-state index in [0.29, 0.717) is 5.95 Å². The maximum Gasteiger partial charge on any atom is 0.201 e. The zero-order valence-corrected chi connectivity index (χ0v) is 10.8. The smallest absolute Gasteiger partial charge is 0.201 e. The molecule has 1 aromatic heterocycles. The summed E-state index contributed by atoms with van der Waals surface area (Å²) in [6.07, 6.45) is 2.09. The number of nitrogens with two attached hydrogens (primary N) is 1. The molecule has 0 aliphatic rings. The molecule has 0 saturated heterocycles. The lowest BCUT2D eigenvalue weighted by atomic mass is 10.3. The summed E-state index contributed by atoms with van der Waals surface area (Å²) in [7, 11) is 0. The SMILES string of the molecule is CSCCn1c(N)nc2ccc(Br)cc21. The number of benzene rings is 1. The molecule has 3 nitrogen and oxygen atoms in total. The lowest BCUT2D eigenvalue weighted by Gasteiger charge is -2.04. The first-order valence-corrected chi connectivity index (χ1v) is 6.81. The number of halogens is 1. The Kier molecular flexibility index (Phi) is 3.21. The number of aryl methyl sites for hydroxylation is 1. The summed E-state index contributed by atoms with van der Waals surface area (Å²) in [5, 5.41) is 0. The summed E-state index contributed by atoms with van der Waals surface area (Å²) in [6, 6.07) is 6.01. The summed E-state index contributed by atoms with van der Waals surface area (Å²) in [6.45, 7) is 0.903. The van der Waals surface area contributed by atoms with Crippen LogP contribution in [0.5, 0.6) is 0 Å². The molecule has 15 heavy (non-hydrogen) atoms. The highest BCUT2D eigenvalue weighted by Gasteiger charge is 2.07. The van der Waals surface area contributed by atoms with Crippen molar-refractivity contribution in [3.05, 3.63) is 22.7 Å². The van der Waals surface area contributed by atoms with E-state index in [1.165, 1.54) is 0 Å². The van der Waals surface area contributed by atoms with Crippen molar-refractivity contribution in [3.8, 4) is 0 Å². The molecule has 0 fully saturated rings. The Morgan fingerprint density at radius 1 is 1.53 bits per heavy atom. The zero-order valence-electron chi connectivity index (χ0n) is 8.40. The van der Waals surface area contributed by atoms with Gasteiger partial charge < -0.3 is 10.3 Å². The van der Waals surface area contributed by atoms with Crippen LogP contribution in [0.3, 0.4) is 0 Å². The second-order valence-corrected chi connectivity index (χ2v) is 5.15. The van der Waals surface area contributed by atoms with Gasteiger partial charge in [0, 0.05) is 16.8 Å². The minimum absolute atomic E-state index is 0.595. The monoisotopic (exact) mass is 285 g/mol. The molecule has 0 atom stereocenters. The van der Waals surface area contributed by atoms with Crippen LogP contribution in [-0.4, -0.2) is 21.6 Å². The van der Waals surface area contributed by atoms with Crippen LogP contribution < -0.4 is 5.73 Å². The molecule has 0 aliphatic heterocycles. The van der Waals surface area contributed by atoms with Crippen LogP contribution in [0.15, 0.2) is 22.7 Å². The minimum Gasteiger partial charge on any atom is -0.369 e. The van der Waals surface area contributed by atoms with E-state index < -0.39 is 0 Å². The van der Waals surface area contributed by atoms with Gasteiger partial charge in [0.15, 0.2) is 0 Å². The molecule has 5 heteroatoms. The summed E-state index contributed by atoms with van der Waals surface area (Å²) in [5.74, 6) is 1.64. The molecule has 0 saturated carbocycles. The predicted molar refractivity (Wildman–Crippen MR) is 70.2 cm³/mol. The number of aromatic nitrogens is 2. The highest BCUT2D eigenvalue weighted by atomic mass is 79.9. The number of rotatable bonds is 3. The molecule has 0 unspecified atom stereocenters. The number of nitrogen functional groups attached to an aromatic ring is 1. The molecule has 0 spiro atoms. The fourth-order valence-electron chi connectivity index (χ4n) is 1.53. The first kappa shape index (κ1) is 10.8. The largest absolute Gasteiger partial charge is 0.369 e. The van der Waals surface area contributed by atoms with Crippen LogP contribution in [0.25, 0.3) is 11.0 Å². The number of nitrogens with zero attached hydrogens (tertiary/aromatic N) is 2. The Balaban J connectivity index is 2.50. The van der Waals surface area contributed by atoms with Gasteiger partial charge in [-0.05, 0) is 24.5 Å². The molecule has 2 rings (SSSR count). The van der Waals surface area contributed by atoms with Crippen LogP contribution in [0.1, 0.15) is 0 Å². The minimum atomic E-state index is 0.595. The zero-order chi connectivity index (χ0) is 10.8. The van der Waals surface area contributed by atoms with Gasteiger partial charge in [0.2, 0.25) is 5.95 Å². The van der Waals surface area contributed by atoms with Gasteiger partial charge in [-0.25, -0.2) is 4.98 Å². The Morgan fingerprint density at radius 2 is 2.33 bits per heavy atom. The van der Waals surface area contributed by atoms with Gasteiger partial charge in [0.05, 0.1) is 11.0 Å². The molecule has 0 aliphatic carbocycles. The number of imidazole rings is 1. The number of anilines is 1. The predicted octanol–water partition coefficient (Wildman–Crippen LogP) is 2.74. The van der Waals surface area contributed by atoms with Crippen molar-refractivity contribution < 1.29 is 0 Å². The first-order valence-electron chi connectivity index (χ1n) is 4.62. The van der Waals surface area contributed by atoms with E-state index >= 15 is 0 Å². The second kappa shape index (κ2) is 4.45. The summed E-state index contributed by atoms with van der Waals surface area (Å²) in [5.41, 5.74) is 7.92. The molecule has 2 N–H and O–H groups in total. The molecular formula is C10H12BrN3S. The Bertz CT molecular complexity index is 481. The molecular weight excluding hydrogens is 274 g/mol. The number of fused-ring (bicyclic) bond motifs is 1. The summed E-state index contributed by atoms with van der Waals surface area (Å²) < 4.78 is 3.11. The second-order valence-electron chi connectivity index (χ2n) is 3.25. The van der Waals surface area contributed by atoms with Crippen molar-refractivity contribution in [1.82, 2.24) is 9.55 Å². The number of hydrogen-bond acceptors (Lipinski definition) is 3. The maximum atomic E-state index is 5.87. The average Bonchev–Trinajstić information content (AvgIpc) is 2.51. The molecule has 80 valence electrons. The van der Waals surface area contributed by atoms with E-state index in [1.807, 2.05) is 12.1 Å². The molecule has 0 bridgehead atoms. The number of thioether (sulfide) groups is 1. The van der Waals surface area contributed by atoms with Crippen LogP contribution in [0.4, 0.5) is 5.95 Å². The van der Waals surface area contributed by atoms with Gasteiger partial charge in [-0.2, -0.15) is 11.8 Å². The maximum absolute atomic E-state index is 5.87. The van der Waals surface area contributed by atoms with E-state index in [4.69, 9.17) is 5.73 Å². The van der Waals surface area contributed by atoms with Gasteiger partial charge >= 0.3 is 0 Å². The van der Waals surface area contributed by atoms with Crippen molar-refractivity contribution in [2.24, 2.45) is 0 Å². The van der Waals surface area contributed by atoms with Crippen molar-refractivity contribution >= 4 is 44.7 Å². The van der Waals surface area contributed by atoms with Gasteiger partial charge in [-0.3, -0.25) is 0 Å². The van der Waals surface area contributed by atoms with Gasteiger partial charge in [0.25, 0.3) is 0 Å². The van der Waals surface area contributed by atoms with Crippen LogP contribution in [0, 0.1) is 0 Å². The summed E-state index contributed by atoms with van der Waals surface area (Å²) >= 11 is 5.26. The van der Waals surface area contributed by atoms with Crippen molar-refractivity contribution in [3.63, 3.8) is 0 Å². The van der Waals surface area contributed by atoms with E-state index in [-0.39, 0.29) is 0 Å². The van der Waals surface area contributed by atoms with Crippen molar-refractivity contribution in [2.75, 3.05) is 17.7 Å². The molecule has 1 heterocycles. The highest BCUT2D eigenvalue weighted by molar-refractivity contribution is 9.10. The van der Waals surface area contributed by atoms with Crippen LogP contribution in [-0.2, 0) is 6.54 Å². The normalized spacial score (nSPS) is 11.1. The highest BCUT2D eigenvalue weighted by Crippen LogP contribution is 2.22. The summed E-state index contributed by atoms with van der Waals surface area (Å²) in [4.78, 5) is 4.32. The van der Waals surface area contributed by atoms with Crippen LogP contribution >= 0.6 is 27.7 Å². The Hall–Kier alpha value is -0.680. The third-order valence-corrected chi connectivity index (χ3v) is 3.34. The quantitative estimate of drug-likeness (QED) is 0.943. The topological polar surface area (TPSA) is 43.8 Å². The van der Waals surface area contributed by atoms with E-state index in [9.17, 15) is 0 Å². The van der Waals surface area contributed by atoms with Gasteiger partial charge in [-0.15, -0.1) is 0 Å². The molecule has 1 aromatic carbocycles. The van der Waals surface area contributed by atoms with Crippen molar-refractivity contribution in [1.29, 1.82) is 0 Å². The van der Waals surface area contributed by atoms with E-state index in [1.54, 1.807) is 11.8 Å². The van der Waals surface area contributed by atoms with Gasteiger partial charge in [-0.1, -0.05) is 15.9 Å². The molecule has 0 radical (unpaired) electrons. The first-order chi connectivity index (χ1) is 7.22.